The van der Waals surface area contributed by atoms with E-state index in [1.54, 1.807) is 12.1 Å². The molecule has 0 radical (unpaired) electrons. The lowest BCUT2D eigenvalue weighted by molar-refractivity contribution is 0.220. The quantitative estimate of drug-likeness (QED) is 0.713. The second-order valence-corrected chi connectivity index (χ2v) is 6.74. The summed E-state index contributed by atoms with van der Waals surface area (Å²) in [6.07, 6.45) is -0.812. The molecule has 25 heavy (non-hydrogen) atoms. The molecule has 0 amide bonds. The lowest BCUT2D eigenvalue weighted by Crippen LogP contribution is -2.01. The first-order valence-corrected chi connectivity index (χ1v) is 8.42. The van der Waals surface area contributed by atoms with Crippen molar-refractivity contribution in [3.63, 3.8) is 0 Å². The predicted molar refractivity (Wildman–Crippen MR) is 97.7 cm³/mol. The largest absolute Gasteiger partial charge is 0.508 e. The van der Waals surface area contributed by atoms with Crippen LogP contribution in [-0.4, -0.2) is 15.4 Å². The van der Waals surface area contributed by atoms with Gasteiger partial charge in [-0.15, -0.1) is 0 Å². The molecule has 1 atom stereocenters. The van der Waals surface area contributed by atoms with E-state index in [2.05, 4.69) is 19.0 Å². The molecule has 130 valence electrons. The highest BCUT2D eigenvalue weighted by atomic mass is 16.5. The Kier molecular flexibility index (Phi) is 4.64. The second kappa shape index (κ2) is 6.73. The number of aromatic nitrogens is 1. The fourth-order valence-electron chi connectivity index (χ4n) is 3.09. The van der Waals surface area contributed by atoms with Gasteiger partial charge in [0.15, 0.2) is 0 Å². The van der Waals surface area contributed by atoms with Crippen LogP contribution in [0.2, 0.25) is 0 Å². The molecule has 2 N–H and O–H groups in total. The highest BCUT2D eigenvalue weighted by molar-refractivity contribution is 5.70. The van der Waals surface area contributed by atoms with E-state index in [1.807, 2.05) is 44.2 Å². The van der Waals surface area contributed by atoms with Crippen molar-refractivity contribution in [3.05, 3.63) is 70.6 Å². The highest BCUT2D eigenvalue weighted by Crippen LogP contribution is 2.34. The summed E-state index contributed by atoms with van der Waals surface area (Å²) in [5.74, 6) is 1.23. The molecule has 2 aromatic carbocycles. The average Bonchev–Trinajstić information content (AvgIpc) is 2.92. The van der Waals surface area contributed by atoms with E-state index in [4.69, 9.17) is 4.52 Å². The number of hydrogen-bond donors (Lipinski definition) is 2. The number of hydrogen-bond acceptors (Lipinski definition) is 4. The Labute approximate surface area is 147 Å². The Morgan fingerprint density at radius 2 is 1.56 bits per heavy atom. The Bertz CT molecular complexity index is 859. The van der Waals surface area contributed by atoms with E-state index in [0.717, 1.165) is 22.4 Å². The Morgan fingerprint density at radius 3 is 2.12 bits per heavy atom. The zero-order valence-electron chi connectivity index (χ0n) is 14.9. The van der Waals surface area contributed by atoms with Gasteiger partial charge in [0.25, 0.3) is 0 Å². The van der Waals surface area contributed by atoms with Crippen LogP contribution in [0, 0.1) is 13.8 Å². The second-order valence-electron chi connectivity index (χ2n) is 6.74. The van der Waals surface area contributed by atoms with Crippen molar-refractivity contribution in [3.8, 4) is 16.9 Å². The predicted octanol–water partition coefficient (Wildman–Crippen LogP) is 4.87. The Hall–Kier alpha value is -2.59. The van der Waals surface area contributed by atoms with Crippen molar-refractivity contribution in [1.29, 1.82) is 0 Å². The molecule has 0 bridgehead atoms. The molecular formula is C21H23NO3. The summed E-state index contributed by atoms with van der Waals surface area (Å²) in [5, 5.41) is 24.8. The maximum Gasteiger partial charge on any atom is 0.141 e. The third-order valence-corrected chi connectivity index (χ3v) is 4.50. The van der Waals surface area contributed by atoms with Crippen molar-refractivity contribution in [2.45, 2.75) is 39.7 Å². The summed E-state index contributed by atoms with van der Waals surface area (Å²) in [7, 11) is 0. The number of aromatic hydroxyl groups is 1. The zero-order valence-corrected chi connectivity index (χ0v) is 14.9. The molecule has 0 aliphatic rings. The zero-order chi connectivity index (χ0) is 18.1. The van der Waals surface area contributed by atoms with Gasteiger partial charge in [-0.25, -0.2) is 0 Å². The van der Waals surface area contributed by atoms with Gasteiger partial charge in [-0.3, -0.25) is 0 Å². The summed E-state index contributed by atoms with van der Waals surface area (Å²) in [4.78, 5) is 0. The molecule has 1 heterocycles. The molecule has 0 aliphatic heterocycles. The minimum atomic E-state index is -0.812. The van der Waals surface area contributed by atoms with Gasteiger partial charge in [-0.2, -0.15) is 0 Å². The van der Waals surface area contributed by atoms with Crippen molar-refractivity contribution in [2.75, 3.05) is 0 Å². The number of nitrogens with zero attached hydrogens (tertiary/aromatic N) is 1. The van der Waals surface area contributed by atoms with Gasteiger partial charge < -0.3 is 14.7 Å². The van der Waals surface area contributed by atoms with Gasteiger partial charge in [-0.1, -0.05) is 43.3 Å². The molecular weight excluding hydrogens is 314 g/mol. The molecule has 0 aliphatic carbocycles. The van der Waals surface area contributed by atoms with E-state index in [-0.39, 0.29) is 5.75 Å². The topological polar surface area (TPSA) is 66.5 Å². The van der Waals surface area contributed by atoms with Gasteiger partial charge in [-0.05, 0) is 60.2 Å². The normalized spacial score (nSPS) is 12.6. The summed E-state index contributed by atoms with van der Waals surface area (Å²) in [5.41, 5.74) is 5.03. The van der Waals surface area contributed by atoms with Crippen LogP contribution in [0.4, 0.5) is 0 Å². The summed E-state index contributed by atoms with van der Waals surface area (Å²) in [6.45, 7) is 7.96. The summed E-state index contributed by atoms with van der Waals surface area (Å²) in [6, 6.07) is 13.0. The van der Waals surface area contributed by atoms with Crippen molar-refractivity contribution in [1.82, 2.24) is 5.16 Å². The fraction of sp³-hybridized carbons (Fsp3) is 0.286. The fourth-order valence-corrected chi connectivity index (χ4v) is 3.09. The lowest BCUT2D eigenvalue weighted by Gasteiger charge is -2.15. The average molecular weight is 337 g/mol. The minimum absolute atomic E-state index is 0.102. The van der Waals surface area contributed by atoms with Crippen LogP contribution < -0.4 is 0 Å². The van der Waals surface area contributed by atoms with Crippen LogP contribution in [-0.2, 0) is 0 Å². The van der Waals surface area contributed by atoms with Crippen LogP contribution in [0.1, 0.15) is 54.0 Å². The molecule has 3 aromatic rings. The summed E-state index contributed by atoms with van der Waals surface area (Å²) >= 11 is 0. The number of phenolic OH excluding ortho intramolecular Hbond substituents is 1. The third-order valence-electron chi connectivity index (χ3n) is 4.50. The first-order valence-electron chi connectivity index (χ1n) is 8.42. The number of aryl methyl sites for hydroxylation is 2. The van der Waals surface area contributed by atoms with Gasteiger partial charge in [0.2, 0.25) is 0 Å². The van der Waals surface area contributed by atoms with E-state index < -0.39 is 6.10 Å². The van der Waals surface area contributed by atoms with E-state index in [0.29, 0.717) is 17.2 Å². The number of rotatable bonds is 4. The summed E-state index contributed by atoms with van der Waals surface area (Å²) < 4.78 is 5.22. The van der Waals surface area contributed by atoms with Crippen molar-refractivity contribution >= 4 is 0 Å². The maximum absolute atomic E-state index is 10.8. The molecule has 1 unspecified atom stereocenters. The first kappa shape index (κ1) is 17.2. The van der Waals surface area contributed by atoms with Crippen molar-refractivity contribution in [2.24, 2.45) is 0 Å². The molecule has 0 fully saturated rings. The van der Waals surface area contributed by atoms with Crippen LogP contribution in [0.25, 0.3) is 11.1 Å². The van der Waals surface area contributed by atoms with E-state index >= 15 is 0 Å². The monoisotopic (exact) mass is 337 g/mol. The molecule has 0 saturated heterocycles. The maximum atomic E-state index is 10.8. The number of aliphatic hydroxyl groups excluding tert-OH is 1. The third kappa shape index (κ3) is 3.44. The smallest absolute Gasteiger partial charge is 0.141 e. The highest BCUT2D eigenvalue weighted by Gasteiger charge is 2.17. The van der Waals surface area contributed by atoms with Crippen LogP contribution >= 0.6 is 0 Å². The number of aliphatic hydroxyl groups is 1. The van der Waals surface area contributed by atoms with Crippen LogP contribution in [0.15, 0.2) is 47.0 Å². The lowest BCUT2D eigenvalue weighted by atomic mass is 9.94. The van der Waals surface area contributed by atoms with E-state index in [9.17, 15) is 10.2 Å². The van der Waals surface area contributed by atoms with Crippen molar-refractivity contribution < 1.29 is 14.7 Å². The molecule has 4 nitrogen and oxygen atoms in total. The van der Waals surface area contributed by atoms with Gasteiger partial charge in [0.05, 0.1) is 5.69 Å². The number of benzene rings is 2. The van der Waals surface area contributed by atoms with Gasteiger partial charge >= 0.3 is 0 Å². The molecule has 1 aromatic heterocycles. The van der Waals surface area contributed by atoms with E-state index in [1.165, 1.54) is 5.56 Å². The van der Waals surface area contributed by atoms with Crippen LogP contribution in [0.3, 0.4) is 0 Å². The van der Waals surface area contributed by atoms with Crippen LogP contribution in [0.5, 0.6) is 5.75 Å². The Balaban J connectivity index is 1.99. The Morgan fingerprint density at radius 1 is 0.920 bits per heavy atom. The first-order chi connectivity index (χ1) is 11.9. The molecule has 3 rings (SSSR count). The molecule has 0 saturated carbocycles. The SMILES string of the molecule is Cc1noc(C)c1-c1cc(O)cc(C(O)c2ccc(C(C)C)cc2)c1. The van der Waals surface area contributed by atoms with Gasteiger partial charge in [0, 0.05) is 5.56 Å². The minimum Gasteiger partial charge on any atom is -0.508 e. The molecule has 0 spiro atoms. The standard InChI is InChI=1S/C21H23NO3/c1-12(2)15-5-7-16(8-6-15)21(24)18-9-17(10-19(23)11-18)20-13(3)22-25-14(20)4/h5-12,21,23-24H,1-4H3. The number of phenols is 1. The van der Waals surface area contributed by atoms with Gasteiger partial charge in [0.1, 0.15) is 17.6 Å². The molecule has 4 heteroatoms.